The molecule has 0 saturated carbocycles. The van der Waals surface area contributed by atoms with E-state index in [1.165, 1.54) is 0 Å². The van der Waals surface area contributed by atoms with Gasteiger partial charge in [0, 0.05) is 0 Å². The first-order valence-electron chi connectivity index (χ1n) is 20.6. The summed E-state index contributed by atoms with van der Waals surface area (Å²) in [6.07, 6.45) is 0. The van der Waals surface area contributed by atoms with E-state index < -0.39 is 59.4 Å². The molecule has 0 radical (unpaired) electrons. The van der Waals surface area contributed by atoms with Crippen molar-refractivity contribution in [1.82, 2.24) is 0 Å². The first-order valence-corrected chi connectivity index (χ1v) is 54.2. The summed E-state index contributed by atoms with van der Waals surface area (Å²) in [5, 5.41) is 2.18. The van der Waals surface area contributed by atoms with Crippen molar-refractivity contribution < 1.29 is 0 Å². The summed E-state index contributed by atoms with van der Waals surface area (Å²) < 4.78 is 3.82. The Kier molecular flexibility index (Phi) is 15.7. The zero-order valence-corrected chi connectivity index (χ0v) is 50.3. The Morgan fingerprint density at radius 2 is 0.623 bits per heavy atom. The van der Waals surface area contributed by atoms with E-state index in [2.05, 4.69) is 222 Å². The van der Waals surface area contributed by atoms with Crippen LogP contribution in [0, 0.1) is 0 Å². The zero-order chi connectivity index (χ0) is 41.2. The molecule has 0 unspecified atom stereocenters. The van der Waals surface area contributed by atoms with Gasteiger partial charge in [-0.2, -0.15) is 0 Å². The van der Waals surface area contributed by atoms with Gasteiger partial charge in [-0.15, -0.1) is 0 Å². The third kappa shape index (κ3) is 10.9. The Bertz CT molecular complexity index is 1470. The van der Waals surface area contributed by atoms with Gasteiger partial charge in [0.1, 0.15) is 0 Å². The van der Waals surface area contributed by atoms with Gasteiger partial charge in [-0.25, -0.2) is 0 Å². The Labute approximate surface area is 353 Å². The topological polar surface area (TPSA) is 0 Å². The third-order valence-electron chi connectivity index (χ3n) is 11.5. The summed E-state index contributed by atoms with van der Waals surface area (Å²) in [5.74, 6) is 1.54. The molecule has 1 fully saturated rings. The molecule has 11 heteroatoms. The zero-order valence-electron chi connectivity index (χ0n) is 38.9. The second-order valence-electron chi connectivity index (χ2n) is 24.0. The average molecular weight is 957 g/mol. The monoisotopic (exact) mass is 956 g/mol. The van der Waals surface area contributed by atoms with Gasteiger partial charge in [0.25, 0.3) is 0 Å². The van der Waals surface area contributed by atoms with Crippen LogP contribution in [-0.4, -0.2) is 59.4 Å². The molecule has 0 amide bonds. The molecule has 3 rings (SSSR count). The summed E-state index contributed by atoms with van der Waals surface area (Å²) >= 11 is 0. The second-order valence-corrected chi connectivity index (χ2v) is 81.2. The van der Waals surface area contributed by atoms with E-state index in [0.29, 0.717) is 17.8 Å². The standard InChI is InChI=1S/C42H82GeS4Si6/c1-29(2)32-25-34(30(3)4)38(35(26-32)31(5)6)43(44-46-47-45-43)39-36(41(50(13,14)15)51(16,17)18)27-33(40(48(7,8)9)49(10,11)12)28-37(39)42(52(19,20)21)53(22,23)24/h25-31,40-42H,1-24H3. The summed E-state index contributed by atoms with van der Waals surface area (Å²) in [7, 11) is -3.92. The predicted molar refractivity (Wildman–Crippen MR) is 279 cm³/mol. The third-order valence-corrected chi connectivity index (χ3v) is 77.6. The first-order chi connectivity index (χ1) is 23.6. The Hall–Kier alpha value is 1.68. The Morgan fingerprint density at radius 3 is 0.868 bits per heavy atom. The van der Waals surface area contributed by atoms with Gasteiger partial charge in [0.15, 0.2) is 0 Å². The fraction of sp³-hybridized carbons (Fsp3) is 0.714. The summed E-state index contributed by atoms with van der Waals surface area (Å²) in [5.41, 5.74) is 10.5. The van der Waals surface area contributed by atoms with Crippen molar-refractivity contribution in [3.63, 3.8) is 0 Å². The second kappa shape index (κ2) is 17.0. The molecule has 2 aromatic carbocycles. The van der Waals surface area contributed by atoms with Gasteiger partial charge in [0.2, 0.25) is 0 Å². The van der Waals surface area contributed by atoms with Crippen molar-refractivity contribution in [1.29, 1.82) is 0 Å². The summed E-state index contributed by atoms with van der Waals surface area (Å²) in [6.45, 7) is 63.9. The van der Waals surface area contributed by atoms with Crippen LogP contribution < -0.4 is 8.79 Å². The van der Waals surface area contributed by atoms with E-state index in [1.807, 2.05) is 19.9 Å². The van der Waals surface area contributed by atoms with Crippen molar-refractivity contribution in [2.45, 2.75) is 193 Å². The van der Waals surface area contributed by atoms with Crippen molar-refractivity contribution >= 4 is 106 Å². The molecular weight excluding hydrogens is 874 g/mol. The quantitative estimate of drug-likeness (QED) is 0.137. The van der Waals surface area contributed by atoms with Gasteiger partial charge in [-0.1, -0.05) is 0 Å². The predicted octanol–water partition coefficient (Wildman–Crippen LogP) is 15.8. The number of hydrogen-bond donors (Lipinski definition) is 0. The van der Waals surface area contributed by atoms with Crippen LogP contribution in [-0.2, 0) is 0 Å². The van der Waals surface area contributed by atoms with E-state index in [4.69, 9.17) is 0 Å². The van der Waals surface area contributed by atoms with Crippen LogP contribution in [0.15, 0.2) is 24.3 Å². The van der Waals surface area contributed by atoms with Crippen molar-refractivity contribution in [3.05, 3.63) is 57.6 Å². The normalized spacial score (nSPS) is 16.8. The molecule has 0 N–H and O–H groups in total. The van der Waals surface area contributed by atoms with Crippen LogP contribution in [0.5, 0.6) is 0 Å². The van der Waals surface area contributed by atoms with Crippen molar-refractivity contribution in [2.75, 3.05) is 0 Å². The molecule has 1 aliphatic rings. The van der Waals surface area contributed by atoms with E-state index in [9.17, 15) is 0 Å². The number of benzene rings is 2. The van der Waals surface area contributed by atoms with Crippen molar-refractivity contribution in [2.24, 2.45) is 0 Å². The van der Waals surface area contributed by atoms with E-state index in [-0.39, 0.29) is 0 Å². The molecule has 0 atom stereocenters. The number of rotatable bonds is 14. The van der Waals surface area contributed by atoms with Crippen LogP contribution >= 0.6 is 37.9 Å². The molecule has 0 nitrogen and oxygen atoms in total. The van der Waals surface area contributed by atoms with Crippen LogP contribution in [0.1, 0.15) is 108 Å². The molecule has 1 aliphatic heterocycles. The van der Waals surface area contributed by atoms with Gasteiger partial charge < -0.3 is 0 Å². The number of hydrogen-bond acceptors (Lipinski definition) is 4. The van der Waals surface area contributed by atoms with E-state index in [0.717, 1.165) is 15.5 Å². The molecule has 53 heavy (non-hydrogen) atoms. The molecule has 0 spiro atoms. The van der Waals surface area contributed by atoms with Crippen LogP contribution in [0.2, 0.25) is 118 Å². The van der Waals surface area contributed by atoms with Crippen molar-refractivity contribution in [3.8, 4) is 0 Å². The minimum absolute atomic E-state index is 0.504. The van der Waals surface area contributed by atoms with Gasteiger partial charge >= 0.3 is 356 Å². The van der Waals surface area contributed by atoms with Crippen LogP contribution in [0.3, 0.4) is 0 Å². The molecule has 1 saturated heterocycles. The average Bonchev–Trinajstić information content (AvgIpc) is 3.37. The maximum absolute atomic E-state index is 3.27. The fourth-order valence-corrected chi connectivity index (χ4v) is 108. The minimum atomic E-state index is -3.27. The SMILES string of the molecule is CC(C)c1cc(C(C)C)[c]([Ge]2([c]3c(C([Si](C)(C)C)[Si](C)(C)C)cc(C([Si](C)(C)C)[Si](C)(C)C)cc3C([Si](C)(C)C)[Si](C)(C)C)[S]SS[S]2)c(C(C)C)c1. The molecule has 0 bridgehead atoms. The molecule has 1 heterocycles. The first kappa shape index (κ1) is 49.0. The molecule has 0 aromatic heterocycles. The van der Waals surface area contributed by atoms with Crippen LogP contribution in [0.4, 0.5) is 0 Å². The fourth-order valence-electron chi connectivity index (χ4n) is 11.2. The molecule has 0 aliphatic carbocycles. The van der Waals surface area contributed by atoms with Gasteiger partial charge in [0.05, 0.1) is 0 Å². The van der Waals surface area contributed by atoms with Gasteiger partial charge in [-0.3, -0.25) is 0 Å². The van der Waals surface area contributed by atoms with Crippen LogP contribution in [0.25, 0.3) is 0 Å². The molecule has 302 valence electrons. The maximum atomic E-state index is 2.99. The van der Waals surface area contributed by atoms with E-state index >= 15 is 0 Å². The van der Waals surface area contributed by atoms with E-state index in [1.54, 1.807) is 22.3 Å². The van der Waals surface area contributed by atoms with Gasteiger partial charge in [-0.05, 0) is 0 Å². The summed E-state index contributed by atoms with van der Waals surface area (Å²) in [6, 6.07) is 11.4. The summed E-state index contributed by atoms with van der Waals surface area (Å²) in [4.78, 5) is 0. The molecular formula is C42H82GeS4Si6. The Morgan fingerprint density at radius 1 is 0.358 bits per heavy atom. The molecule has 2 aromatic rings. The Balaban J connectivity index is 2.95.